The van der Waals surface area contributed by atoms with E-state index in [1.54, 1.807) is 7.11 Å². The number of carbonyl (C=O) groups is 1. The van der Waals surface area contributed by atoms with E-state index in [2.05, 4.69) is 11.4 Å². The summed E-state index contributed by atoms with van der Waals surface area (Å²) in [5.41, 5.74) is 1.14. The van der Waals surface area contributed by atoms with Gasteiger partial charge in [-0.1, -0.05) is 12.1 Å². The van der Waals surface area contributed by atoms with Gasteiger partial charge in [0.05, 0.1) is 25.3 Å². The normalized spacial score (nSPS) is 25.4. The Morgan fingerprint density at radius 1 is 1.39 bits per heavy atom. The minimum atomic E-state index is 0.0123. The number of benzene rings is 1. The molecule has 3 atom stereocenters. The Balaban J connectivity index is 1.66. The Kier molecular flexibility index (Phi) is 5.06. The van der Waals surface area contributed by atoms with Gasteiger partial charge in [-0.15, -0.1) is 0 Å². The van der Waals surface area contributed by atoms with Crippen molar-refractivity contribution >= 4 is 6.03 Å². The van der Waals surface area contributed by atoms with Crippen molar-refractivity contribution in [3.63, 3.8) is 0 Å². The van der Waals surface area contributed by atoms with Crippen LogP contribution in [0.2, 0.25) is 0 Å². The number of likely N-dealkylation sites (tertiary alicyclic amines) is 1. The molecule has 0 aliphatic carbocycles. The lowest BCUT2D eigenvalue weighted by molar-refractivity contribution is 0.0829. The highest BCUT2D eigenvalue weighted by atomic mass is 16.5. The van der Waals surface area contributed by atoms with Crippen LogP contribution in [0.25, 0.3) is 0 Å². The van der Waals surface area contributed by atoms with Gasteiger partial charge in [-0.25, -0.2) is 4.79 Å². The van der Waals surface area contributed by atoms with Gasteiger partial charge in [0.2, 0.25) is 0 Å². The summed E-state index contributed by atoms with van der Waals surface area (Å²) in [6.07, 6.45) is 4.29. The predicted octanol–water partition coefficient (Wildman–Crippen LogP) is 3.11. The number of nitrogens with zero attached hydrogens (tertiary/aromatic N) is 1. The van der Waals surface area contributed by atoms with Crippen LogP contribution in [0.1, 0.15) is 44.2 Å². The summed E-state index contributed by atoms with van der Waals surface area (Å²) in [5, 5.41) is 3.12. The number of urea groups is 1. The molecule has 0 spiro atoms. The summed E-state index contributed by atoms with van der Waals surface area (Å²) in [7, 11) is 1.67. The van der Waals surface area contributed by atoms with Crippen LogP contribution in [-0.2, 0) is 4.74 Å². The molecule has 1 aromatic rings. The molecule has 2 aliphatic heterocycles. The molecule has 1 N–H and O–H groups in total. The minimum absolute atomic E-state index is 0.0123. The minimum Gasteiger partial charge on any atom is -0.497 e. The van der Waals surface area contributed by atoms with E-state index >= 15 is 0 Å². The summed E-state index contributed by atoms with van der Waals surface area (Å²) in [6, 6.07) is 8.21. The fourth-order valence-electron chi connectivity index (χ4n) is 3.57. The molecule has 3 unspecified atom stereocenters. The lowest BCUT2D eigenvalue weighted by Gasteiger charge is -2.28. The lowest BCUT2D eigenvalue weighted by atomic mass is 10.0. The van der Waals surface area contributed by atoms with Crippen LogP contribution in [0.5, 0.6) is 5.75 Å². The highest BCUT2D eigenvalue weighted by molar-refractivity contribution is 5.75. The zero-order chi connectivity index (χ0) is 16.2. The zero-order valence-corrected chi connectivity index (χ0v) is 14.0. The summed E-state index contributed by atoms with van der Waals surface area (Å²) >= 11 is 0. The second kappa shape index (κ2) is 7.21. The van der Waals surface area contributed by atoms with Crippen molar-refractivity contribution in [3.05, 3.63) is 29.8 Å². The molecular weight excluding hydrogens is 292 g/mol. The van der Waals surface area contributed by atoms with Gasteiger partial charge in [0.15, 0.2) is 0 Å². The van der Waals surface area contributed by atoms with E-state index in [4.69, 9.17) is 9.47 Å². The maximum atomic E-state index is 12.7. The number of ether oxygens (including phenoxy) is 2. The Bertz CT molecular complexity index is 543. The molecule has 1 aromatic carbocycles. The summed E-state index contributed by atoms with van der Waals surface area (Å²) in [4.78, 5) is 14.6. The highest BCUT2D eigenvalue weighted by Crippen LogP contribution is 2.33. The van der Waals surface area contributed by atoms with Crippen LogP contribution in [-0.4, -0.2) is 43.3 Å². The first kappa shape index (κ1) is 16.1. The first-order chi connectivity index (χ1) is 11.2. The van der Waals surface area contributed by atoms with Crippen molar-refractivity contribution in [2.45, 2.75) is 50.8 Å². The van der Waals surface area contributed by atoms with Crippen LogP contribution >= 0.6 is 0 Å². The van der Waals surface area contributed by atoms with E-state index in [9.17, 15) is 4.79 Å². The zero-order valence-electron chi connectivity index (χ0n) is 14.0. The molecule has 0 saturated carbocycles. The number of methoxy groups -OCH3 is 1. The predicted molar refractivity (Wildman–Crippen MR) is 88.6 cm³/mol. The number of nitrogens with one attached hydrogen (secondary N) is 1. The molecule has 2 aliphatic rings. The Morgan fingerprint density at radius 3 is 3.00 bits per heavy atom. The second-order valence-electron chi connectivity index (χ2n) is 6.42. The van der Waals surface area contributed by atoms with E-state index in [-0.39, 0.29) is 24.2 Å². The van der Waals surface area contributed by atoms with E-state index in [1.165, 1.54) is 0 Å². The quantitative estimate of drug-likeness (QED) is 0.928. The lowest BCUT2D eigenvalue weighted by Crippen LogP contribution is -2.47. The van der Waals surface area contributed by atoms with Crippen molar-refractivity contribution in [1.82, 2.24) is 10.2 Å². The second-order valence-corrected chi connectivity index (χ2v) is 6.42. The first-order valence-electron chi connectivity index (χ1n) is 8.51. The third-order valence-corrected chi connectivity index (χ3v) is 4.87. The molecular formula is C18H26N2O3. The largest absolute Gasteiger partial charge is 0.497 e. The van der Waals surface area contributed by atoms with Gasteiger partial charge in [-0.05, 0) is 50.3 Å². The van der Waals surface area contributed by atoms with Crippen LogP contribution in [0, 0.1) is 0 Å². The molecule has 126 valence electrons. The number of carbonyl (C=O) groups excluding carboxylic acids is 1. The number of amides is 2. The van der Waals surface area contributed by atoms with Crippen molar-refractivity contribution in [1.29, 1.82) is 0 Å². The molecule has 2 heterocycles. The van der Waals surface area contributed by atoms with Gasteiger partial charge in [0, 0.05) is 13.2 Å². The molecule has 3 rings (SSSR count). The topological polar surface area (TPSA) is 50.8 Å². The van der Waals surface area contributed by atoms with Gasteiger partial charge in [0.25, 0.3) is 0 Å². The molecule has 5 heteroatoms. The first-order valence-corrected chi connectivity index (χ1v) is 8.51. The number of hydrogen-bond donors (Lipinski definition) is 1. The van der Waals surface area contributed by atoms with E-state index in [0.29, 0.717) is 0 Å². The molecule has 2 saturated heterocycles. The third kappa shape index (κ3) is 3.61. The molecule has 0 radical (unpaired) electrons. The maximum Gasteiger partial charge on any atom is 0.318 e. The smallest absolute Gasteiger partial charge is 0.318 e. The Labute approximate surface area is 137 Å². The fraction of sp³-hybridized carbons (Fsp3) is 0.611. The molecule has 2 fully saturated rings. The fourth-order valence-corrected chi connectivity index (χ4v) is 3.57. The van der Waals surface area contributed by atoms with Gasteiger partial charge < -0.3 is 19.7 Å². The third-order valence-electron chi connectivity index (χ3n) is 4.87. The summed E-state index contributed by atoms with van der Waals surface area (Å²) < 4.78 is 11.0. The molecule has 0 aromatic heterocycles. The highest BCUT2D eigenvalue weighted by Gasteiger charge is 2.32. The summed E-state index contributed by atoms with van der Waals surface area (Å²) in [5.74, 6) is 0.836. The summed E-state index contributed by atoms with van der Waals surface area (Å²) in [6.45, 7) is 3.64. The molecule has 0 bridgehead atoms. The van der Waals surface area contributed by atoms with Gasteiger partial charge in [-0.2, -0.15) is 0 Å². The van der Waals surface area contributed by atoms with Crippen LogP contribution in [0.4, 0.5) is 4.79 Å². The molecule has 23 heavy (non-hydrogen) atoms. The van der Waals surface area contributed by atoms with Crippen molar-refractivity contribution in [3.8, 4) is 5.75 Å². The van der Waals surface area contributed by atoms with Crippen LogP contribution < -0.4 is 10.1 Å². The van der Waals surface area contributed by atoms with E-state index in [1.807, 2.05) is 30.0 Å². The van der Waals surface area contributed by atoms with Gasteiger partial charge >= 0.3 is 6.03 Å². The molecule has 5 nitrogen and oxygen atoms in total. The van der Waals surface area contributed by atoms with Crippen molar-refractivity contribution in [2.24, 2.45) is 0 Å². The van der Waals surface area contributed by atoms with Crippen molar-refractivity contribution in [2.75, 3.05) is 20.3 Å². The monoisotopic (exact) mass is 318 g/mol. The van der Waals surface area contributed by atoms with Crippen molar-refractivity contribution < 1.29 is 14.3 Å². The van der Waals surface area contributed by atoms with Crippen LogP contribution in [0.15, 0.2) is 24.3 Å². The standard InChI is InChI=1S/C18H26N2O3/c1-13(17-9-5-11-23-17)19-18(21)20-10-4-8-16(20)14-6-3-7-15(12-14)22-2/h3,6-7,12-13,16-17H,4-5,8-11H2,1-2H3,(H,19,21). The SMILES string of the molecule is COc1cccc(C2CCCN2C(=O)NC(C)C2CCCO2)c1. The van der Waals surface area contributed by atoms with E-state index in [0.717, 1.165) is 50.1 Å². The van der Waals surface area contributed by atoms with Crippen LogP contribution in [0.3, 0.4) is 0 Å². The Morgan fingerprint density at radius 2 is 2.26 bits per heavy atom. The average Bonchev–Trinajstić information content (AvgIpc) is 3.26. The molecule has 2 amide bonds. The Hall–Kier alpha value is -1.75. The average molecular weight is 318 g/mol. The number of hydrogen-bond acceptors (Lipinski definition) is 3. The van der Waals surface area contributed by atoms with E-state index < -0.39 is 0 Å². The van der Waals surface area contributed by atoms with Gasteiger partial charge in [0.1, 0.15) is 5.75 Å². The van der Waals surface area contributed by atoms with Gasteiger partial charge in [-0.3, -0.25) is 0 Å². The number of rotatable bonds is 4. The maximum absolute atomic E-state index is 12.7.